The van der Waals surface area contributed by atoms with Crippen molar-refractivity contribution < 1.29 is 19.2 Å². The predicted molar refractivity (Wildman–Crippen MR) is 109 cm³/mol. The highest BCUT2D eigenvalue weighted by Gasteiger charge is 2.18. The van der Waals surface area contributed by atoms with Gasteiger partial charge >= 0.3 is 0 Å². The quantitative estimate of drug-likeness (QED) is 0.468. The SMILES string of the molecule is COc1ccc(NC(=O)c2sc(NC(=O)c3ccc([N+](=O)[O-])cc3)nc2C)cc1. The van der Waals surface area contributed by atoms with Crippen molar-refractivity contribution in [2.75, 3.05) is 17.7 Å². The summed E-state index contributed by atoms with van der Waals surface area (Å²) in [6.45, 7) is 1.67. The van der Waals surface area contributed by atoms with E-state index in [1.54, 1.807) is 38.3 Å². The van der Waals surface area contributed by atoms with Gasteiger partial charge in [-0.15, -0.1) is 0 Å². The molecular formula is C19H16N4O5S. The number of nitrogens with zero attached hydrogens (tertiary/aromatic N) is 2. The van der Waals surface area contributed by atoms with Crippen molar-refractivity contribution >= 4 is 39.7 Å². The van der Waals surface area contributed by atoms with E-state index in [-0.39, 0.29) is 22.3 Å². The molecule has 148 valence electrons. The van der Waals surface area contributed by atoms with E-state index in [0.717, 1.165) is 11.3 Å². The van der Waals surface area contributed by atoms with E-state index in [4.69, 9.17) is 4.74 Å². The summed E-state index contributed by atoms with van der Waals surface area (Å²) in [6.07, 6.45) is 0. The molecule has 0 fully saturated rings. The molecule has 0 aliphatic rings. The van der Waals surface area contributed by atoms with Gasteiger partial charge in [0.1, 0.15) is 10.6 Å². The number of hydrogen-bond acceptors (Lipinski definition) is 7. The summed E-state index contributed by atoms with van der Waals surface area (Å²) in [5, 5.41) is 16.3. The van der Waals surface area contributed by atoms with E-state index in [9.17, 15) is 19.7 Å². The van der Waals surface area contributed by atoms with Crippen LogP contribution in [-0.4, -0.2) is 28.8 Å². The number of nitrogens with one attached hydrogen (secondary N) is 2. The first-order valence-electron chi connectivity index (χ1n) is 8.36. The van der Waals surface area contributed by atoms with Gasteiger partial charge in [0.05, 0.1) is 17.7 Å². The first kappa shape index (κ1) is 20.0. The molecule has 3 rings (SSSR count). The predicted octanol–water partition coefficient (Wildman–Crippen LogP) is 3.87. The number of carbonyl (C=O) groups excluding carboxylic acids is 2. The number of thiazole rings is 1. The molecule has 1 aromatic heterocycles. The van der Waals surface area contributed by atoms with Crippen molar-refractivity contribution in [3.05, 3.63) is 74.8 Å². The number of methoxy groups -OCH3 is 1. The molecule has 1 heterocycles. The maximum atomic E-state index is 12.5. The Bertz CT molecular complexity index is 1060. The van der Waals surface area contributed by atoms with Crippen molar-refractivity contribution in [1.82, 2.24) is 4.98 Å². The molecule has 0 unspecified atom stereocenters. The zero-order valence-electron chi connectivity index (χ0n) is 15.5. The van der Waals surface area contributed by atoms with E-state index in [2.05, 4.69) is 15.6 Å². The topological polar surface area (TPSA) is 123 Å². The molecule has 2 amide bonds. The number of rotatable bonds is 6. The number of hydrogen-bond donors (Lipinski definition) is 2. The molecule has 0 bridgehead atoms. The fourth-order valence-electron chi connectivity index (χ4n) is 2.43. The molecule has 0 aliphatic heterocycles. The van der Waals surface area contributed by atoms with Crippen LogP contribution in [0.2, 0.25) is 0 Å². The minimum Gasteiger partial charge on any atom is -0.497 e. The van der Waals surface area contributed by atoms with Gasteiger partial charge in [-0.05, 0) is 43.3 Å². The van der Waals surface area contributed by atoms with Gasteiger partial charge < -0.3 is 10.1 Å². The molecule has 0 saturated carbocycles. The molecule has 10 heteroatoms. The second-order valence-corrected chi connectivity index (χ2v) is 6.87. The van der Waals surface area contributed by atoms with Crippen LogP contribution in [0.15, 0.2) is 48.5 Å². The average Bonchev–Trinajstić information content (AvgIpc) is 3.08. The van der Waals surface area contributed by atoms with Crippen LogP contribution in [0.4, 0.5) is 16.5 Å². The van der Waals surface area contributed by atoms with Gasteiger partial charge in [-0.25, -0.2) is 4.98 Å². The van der Waals surface area contributed by atoms with Gasteiger partial charge in [-0.3, -0.25) is 25.0 Å². The van der Waals surface area contributed by atoms with Gasteiger partial charge in [0.2, 0.25) is 0 Å². The Kier molecular flexibility index (Phi) is 5.84. The lowest BCUT2D eigenvalue weighted by Crippen LogP contribution is -2.11. The zero-order chi connectivity index (χ0) is 21.0. The minimum absolute atomic E-state index is 0.107. The zero-order valence-corrected chi connectivity index (χ0v) is 16.3. The Morgan fingerprint density at radius 2 is 1.69 bits per heavy atom. The second-order valence-electron chi connectivity index (χ2n) is 5.87. The smallest absolute Gasteiger partial charge is 0.269 e. The standard InChI is InChI=1S/C19H16N4O5S/c1-11-16(18(25)21-13-5-9-15(28-2)10-6-13)29-19(20-11)22-17(24)12-3-7-14(8-4-12)23(26)27/h3-10H,1-2H3,(H,21,25)(H,20,22,24). The summed E-state index contributed by atoms with van der Waals surface area (Å²) in [5.41, 5.74) is 1.21. The molecule has 0 aliphatic carbocycles. The van der Waals surface area contributed by atoms with E-state index >= 15 is 0 Å². The minimum atomic E-state index is -0.542. The lowest BCUT2D eigenvalue weighted by atomic mass is 10.2. The van der Waals surface area contributed by atoms with Crippen LogP contribution >= 0.6 is 11.3 Å². The third-order valence-corrected chi connectivity index (χ3v) is 4.98. The van der Waals surface area contributed by atoms with Gasteiger partial charge in [0.15, 0.2) is 5.13 Å². The summed E-state index contributed by atoms with van der Waals surface area (Å²) in [6, 6.07) is 12.1. The number of aromatic nitrogens is 1. The molecule has 29 heavy (non-hydrogen) atoms. The monoisotopic (exact) mass is 412 g/mol. The maximum Gasteiger partial charge on any atom is 0.269 e. The van der Waals surface area contributed by atoms with Gasteiger partial charge in [-0.2, -0.15) is 0 Å². The summed E-state index contributed by atoms with van der Waals surface area (Å²) in [4.78, 5) is 39.5. The Morgan fingerprint density at radius 3 is 2.28 bits per heavy atom. The van der Waals surface area contributed by atoms with Crippen LogP contribution in [0.5, 0.6) is 5.75 Å². The Balaban J connectivity index is 1.69. The van der Waals surface area contributed by atoms with Crippen LogP contribution in [0.1, 0.15) is 25.7 Å². The summed E-state index contributed by atoms with van der Waals surface area (Å²) >= 11 is 1.04. The fourth-order valence-corrected chi connectivity index (χ4v) is 3.28. The van der Waals surface area contributed by atoms with E-state index in [1.807, 2.05) is 0 Å². The molecule has 0 radical (unpaired) electrons. The highest BCUT2D eigenvalue weighted by Crippen LogP contribution is 2.25. The molecule has 9 nitrogen and oxygen atoms in total. The molecule has 2 aromatic carbocycles. The van der Waals surface area contributed by atoms with Gasteiger partial charge in [-0.1, -0.05) is 11.3 Å². The number of carbonyl (C=O) groups is 2. The number of anilines is 2. The number of nitro groups is 1. The van der Waals surface area contributed by atoms with Crippen molar-refractivity contribution in [3.63, 3.8) is 0 Å². The first-order valence-corrected chi connectivity index (χ1v) is 9.17. The number of aryl methyl sites for hydroxylation is 1. The molecule has 3 aromatic rings. The van der Waals surface area contributed by atoms with E-state index in [1.165, 1.54) is 24.3 Å². The normalized spacial score (nSPS) is 10.3. The van der Waals surface area contributed by atoms with Crippen LogP contribution in [0, 0.1) is 17.0 Å². The third-order valence-electron chi connectivity index (χ3n) is 3.91. The molecular weight excluding hydrogens is 396 g/mol. The van der Waals surface area contributed by atoms with Crippen LogP contribution < -0.4 is 15.4 Å². The van der Waals surface area contributed by atoms with Crippen LogP contribution in [0.25, 0.3) is 0 Å². The Hall–Kier alpha value is -3.79. The lowest BCUT2D eigenvalue weighted by molar-refractivity contribution is -0.384. The van der Waals surface area contributed by atoms with E-state index in [0.29, 0.717) is 22.0 Å². The molecule has 0 atom stereocenters. The largest absolute Gasteiger partial charge is 0.497 e. The number of amides is 2. The number of ether oxygens (including phenoxy) is 1. The second kappa shape index (κ2) is 8.48. The van der Waals surface area contributed by atoms with Crippen molar-refractivity contribution in [3.8, 4) is 5.75 Å². The third kappa shape index (κ3) is 4.74. The van der Waals surface area contributed by atoms with Crippen LogP contribution in [-0.2, 0) is 0 Å². The fraction of sp³-hybridized carbons (Fsp3) is 0.105. The van der Waals surface area contributed by atoms with Crippen molar-refractivity contribution in [1.29, 1.82) is 0 Å². The summed E-state index contributed by atoms with van der Waals surface area (Å²) in [7, 11) is 1.56. The highest BCUT2D eigenvalue weighted by molar-refractivity contribution is 7.17. The van der Waals surface area contributed by atoms with Gasteiger partial charge in [0, 0.05) is 23.4 Å². The number of non-ortho nitro benzene ring substituents is 1. The highest BCUT2D eigenvalue weighted by atomic mass is 32.1. The average molecular weight is 412 g/mol. The first-order chi connectivity index (χ1) is 13.9. The number of benzene rings is 2. The van der Waals surface area contributed by atoms with Crippen molar-refractivity contribution in [2.24, 2.45) is 0 Å². The van der Waals surface area contributed by atoms with E-state index < -0.39 is 10.8 Å². The summed E-state index contributed by atoms with van der Waals surface area (Å²) < 4.78 is 5.08. The molecule has 0 spiro atoms. The molecule has 0 saturated heterocycles. The van der Waals surface area contributed by atoms with Gasteiger partial charge in [0.25, 0.3) is 17.5 Å². The van der Waals surface area contributed by atoms with Crippen molar-refractivity contribution in [2.45, 2.75) is 6.92 Å². The lowest BCUT2D eigenvalue weighted by Gasteiger charge is -2.05. The summed E-state index contributed by atoms with van der Waals surface area (Å²) in [5.74, 6) is -0.148. The Labute approximate surface area is 169 Å². The van der Waals surface area contributed by atoms with Crippen LogP contribution in [0.3, 0.4) is 0 Å². The molecule has 2 N–H and O–H groups in total. The maximum absolute atomic E-state index is 12.5. The Morgan fingerprint density at radius 1 is 1.03 bits per heavy atom. The number of nitro benzene ring substituents is 1.